The number of carbonyl (C=O) groups is 4. The van der Waals surface area contributed by atoms with Gasteiger partial charge >= 0.3 is 0 Å². The molecule has 0 atom stereocenters. The highest BCUT2D eigenvalue weighted by atomic mass is 16.5. The number of Topliss-reactive ketones (excluding diaryl/α,β-unsaturated/α-hetero) is 4. The van der Waals surface area contributed by atoms with Gasteiger partial charge in [-0.25, -0.2) is 23.7 Å². The molecule has 0 unspecified atom stereocenters. The normalized spacial score (nSPS) is 14.0. The fourth-order valence-corrected chi connectivity index (χ4v) is 15.0. The van der Waals surface area contributed by atoms with Crippen LogP contribution in [-0.2, 0) is 92.2 Å². The molecule has 686 valence electrons. The van der Waals surface area contributed by atoms with E-state index in [2.05, 4.69) is 87.9 Å². The minimum atomic E-state index is -0.872. The molecule has 0 spiro atoms. The van der Waals surface area contributed by atoms with Gasteiger partial charge in [-0.05, 0) is 251 Å². The quantitative estimate of drug-likeness (QED) is 0.0369. The molecule has 0 radical (unpaired) electrons. The Morgan fingerprint density at radius 3 is 1.04 bits per heavy atom. The van der Waals surface area contributed by atoms with E-state index in [1.165, 1.54) is 0 Å². The summed E-state index contributed by atoms with van der Waals surface area (Å²) in [6.45, 7) is 24.2. The topological polar surface area (TPSA) is 285 Å². The predicted molar refractivity (Wildman–Crippen MR) is 511 cm³/mol. The number of aryl methyl sites for hydroxylation is 4. The monoisotopic (exact) mass is 1790 g/mol. The van der Waals surface area contributed by atoms with Crippen molar-refractivity contribution in [1.82, 2.24) is 78.0 Å². The van der Waals surface area contributed by atoms with Gasteiger partial charge in [-0.3, -0.25) is 33.2 Å². The molecule has 0 bridgehead atoms. The fourth-order valence-electron chi connectivity index (χ4n) is 15.0. The fraction of sp³-hybridized carbons (Fsp3) is 0.352. The third kappa shape index (κ3) is 20.9. The molecule has 8 heterocycles. The zero-order valence-electron chi connectivity index (χ0n) is 78.3. The van der Waals surface area contributed by atoms with E-state index in [1.807, 2.05) is 211 Å². The molecule has 4 aliphatic rings. The van der Waals surface area contributed by atoms with Gasteiger partial charge in [0.1, 0.15) is 45.4 Å². The zero-order valence-corrected chi connectivity index (χ0v) is 78.3. The van der Waals surface area contributed by atoms with Crippen molar-refractivity contribution in [3.63, 3.8) is 0 Å². The maximum absolute atomic E-state index is 11.9. The Bertz CT molecular complexity index is 6780. The van der Waals surface area contributed by atoms with Crippen LogP contribution in [-0.4, -0.2) is 148 Å². The average molecular weight is 1790 g/mol. The van der Waals surface area contributed by atoms with Gasteiger partial charge in [-0.1, -0.05) is 84.9 Å². The molecule has 0 aliphatic heterocycles. The molecule has 28 heteroatoms. The number of para-hydroxylation sites is 3. The Morgan fingerprint density at radius 2 is 0.669 bits per heavy atom. The molecule has 4 saturated carbocycles. The molecule has 0 N–H and O–H groups in total. The van der Waals surface area contributed by atoms with Crippen molar-refractivity contribution in [1.29, 1.82) is 0 Å². The molecule has 16 aromatic rings. The lowest BCUT2D eigenvalue weighted by atomic mass is 10.1. The molecule has 133 heavy (non-hydrogen) atoms. The third-order valence-electron chi connectivity index (χ3n) is 24.7. The molecule has 4 aliphatic carbocycles. The zero-order chi connectivity index (χ0) is 93.4. The predicted octanol–water partition coefficient (Wildman–Crippen LogP) is 19.9. The first kappa shape index (κ1) is 91.1. The lowest BCUT2D eigenvalue weighted by molar-refractivity contribution is -0.140. The van der Waals surface area contributed by atoms with Gasteiger partial charge in [0, 0.05) is 66.1 Å². The van der Waals surface area contributed by atoms with Crippen molar-refractivity contribution in [2.24, 2.45) is 21.1 Å². The minimum absolute atomic E-state index is 0.0197. The second-order valence-corrected chi connectivity index (χ2v) is 36.7. The maximum Gasteiger partial charge on any atom is 0.161 e. The van der Waals surface area contributed by atoms with Crippen LogP contribution in [0.5, 0.6) is 23.0 Å². The highest BCUT2D eigenvalue weighted by Gasteiger charge is 2.33. The largest absolute Gasteiger partial charge is 0.490 e. The Hall–Kier alpha value is -13.8. The van der Waals surface area contributed by atoms with Crippen LogP contribution >= 0.6 is 0 Å². The number of nitrogens with zero attached hydrogens (tertiary/aromatic N) is 16. The number of ketones is 4. The smallest absolute Gasteiger partial charge is 0.161 e. The van der Waals surface area contributed by atoms with Crippen LogP contribution in [0.1, 0.15) is 164 Å². The van der Waals surface area contributed by atoms with Gasteiger partial charge < -0.3 is 42.5 Å². The Morgan fingerprint density at radius 1 is 0.353 bits per heavy atom. The summed E-state index contributed by atoms with van der Waals surface area (Å²) < 4.78 is 63.3. The van der Waals surface area contributed by atoms with E-state index in [1.54, 1.807) is 89.4 Å². The lowest BCUT2D eigenvalue weighted by Crippen LogP contribution is -2.32. The van der Waals surface area contributed by atoms with Crippen LogP contribution < -0.4 is 18.9 Å². The van der Waals surface area contributed by atoms with Crippen LogP contribution in [0.4, 0.5) is 0 Å². The number of carbonyl (C=O) groups excluding carboxylic acids is 4. The number of hydrogen-bond donors (Lipinski definition) is 0. The standard InChI is InChI=1S/C27H30N4O3.3C26H28N4O3/c1-5-30-26-20(16-28-30)9-7-11-24(26)31-25(15-21(29-31)17-33-27(3,4)18(2)32)19-8-6-10-23(14-19)34-22-12-13-22;1-17(31)26(2,3)32-16-20-14-24(18-7-5-9-22(13-18)33-21-11-12-21)30(28-20)23-10-6-8-19-15-27-29(4)25(19)23;1-17(31)26(2,3)32-16-19-14-25(18-7-5-8-21(13-18)33-20-11-12-20)30(28-19)24-10-6-9-23-22(24)15-27-29(23)4;1-17(31)26(2,3)32-15-19-14-24(18-7-5-8-21(13-18)33-20-11-12-20)30(28-19)23-10-6-9-22-25(23)29(4)16-27-22/h6-11,14-16,22H,5,12-13,17H2,1-4H3;5-10,13-15,21H,11-12,16H2,1-4H3;5-10,13-15,20H,11-12,16H2,1-4H3;5-10,13-14,16,20H,11-12,15H2,1-4H3. The molecular weight excluding hydrogens is 1680 g/mol. The summed E-state index contributed by atoms with van der Waals surface area (Å²) in [5.41, 5.74) is 15.8. The molecule has 20 rings (SSSR count). The minimum Gasteiger partial charge on any atom is -0.490 e. The van der Waals surface area contributed by atoms with Gasteiger partial charge in [0.15, 0.2) is 23.1 Å². The number of aromatic nitrogens is 16. The number of rotatable bonds is 33. The van der Waals surface area contributed by atoms with Crippen LogP contribution in [0.15, 0.2) is 219 Å². The number of imidazole rings is 1. The third-order valence-corrected chi connectivity index (χ3v) is 24.7. The number of hydrogen-bond acceptors (Lipinski definition) is 20. The Kier molecular flexibility index (Phi) is 25.9. The summed E-state index contributed by atoms with van der Waals surface area (Å²) in [4.78, 5) is 52.2. The second-order valence-electron chi connectivity index (χ2n) is 36.7. The molecule has 0 amide bonds. The highest BCUT2D eigenvalue weighted by molar-refractivity contribution is 5.92. The SMILES string of the molecule is CC(=O)C(C)(C)OCc1cc(-c2cccc(OC3CC3)c2)n(-c2cccc3c2cnn3C)n1.CC(=O)C(C)(C)OCc1cc(-c2cccc(OC3CC3)c2)n(-c2cccc3cnn(C)c23)n1.CC(=O)C(C)(C)OCc1cc(-c2cccc(OC3CC3)c2)n(-c2cccc3ncn(C)c23)n1.CCn1ncc2cccc(-n3nc(COC(C)(C)C(C)=O)cc3-c3cccc(OC4CC4)c3)c21. The summed E-state index contributed by atoms with van der Waals surface area (Å²) in [7, 11) is 5.84. The van der Waals surface area contributed by atoms with E-state index < -0.39 is 22.4 Å². The van der Waals surface area contributed by atoms with Gasteiger partial charge in [-0.2, -0.15) is 35.7 Å². The molecule has 8 aromatic heterocycles. The van der Waals surface area contributed by atoms with Gasteiger partial charge in [0.25, 0.3) is 0 Å². The number of benzene rings is 8. The maximum atomic E-state index is 11.9. The molecule has 4 fully saturated rings. The van der Waals surface area contributed by atoms with Crippen molar-refractivity contribution in [2.75, 3.05) is 0 Å². The number of fused-ring (bicyclic) bond motifs is 4. The summed E-state index contributed by atoms with van der Waals surface area (Å²) in [5.74, 6) is 3.35. The van der Waals surface area contributed by atoms with Crippen LogP contribution in [0.2, 0.25) is 0 Å². The van der Waals surface area contributed by atoms with E-state index in [4.69, 9.17) is 58.3 Å². The highest BCUT2D eigenvalue weighted by Crippen LogP contribution is 2.40. The van der Waals surface area contributed by atoms with E-state index >= 15 is 0 Å². The molecular formula is C105H114N16O12. The molecule has 0 saturated heterocycles. The van der Waals surface area contributed by atoms with Gasteiger partial charge in [0.2, 0.25) is 0 Å². The first-order valence-electron chi connectivity index (χ1n) is 45.5. The molecule has 8 aromatic carbocycles. The van der Waals surface area contributed by atoms with Crippen LogP contribution in [0.3, 0.4) is 0 Å². The van der Waals surface area contributed by atoms with Crippen molar-refractivity contribution in [3.05, 3.63) is 242 Å². The first-order chi connectivity index (χ1) is 63.8. The van der Waals surface area contributed by atoms with Gasteiger partial charge in [0.05, 0.1) is 172 Å². The van der Waals surface area contributed by atoms with E-state index in [-0.39, 0.29) is 49.6 Å². The molecule has 28 nitrogen and oxygen atoms in total. The number of ether oxygens (including phenoxy) is 8. The van der Waals surface area contributed by atoms with Crippen molar-refractivity contribution < 1.29 is 57.1 Å². The summed E-state index contributed by atoms with van der Waals surface area (Å²) in [6.07, 6.45) is 17.6. The lowest BCUT2D eigenvalue weighted by Gasteiger charge is -2.21. The first-order valence-corrected chi connectivity index (χ1v) is 45.5. The van der Waals surface area contributed by atoms with E-state index in [0.717, 1.165) is 215 Å². The van der Waals surface area contributed by atoms with Crippen molar-refractivity contribution in [3.8, 4) is 90.8 Å². The summed E-state index contributed by atoms with van der Waals surface area (Å²) in [6, 6.07) is 64.8. The van der Waals surface area contributed by atoms with Gasteiger partial charge in [-0.15, -0.1) is 0 Å². The average Bonchev–Trinajstić information content (AvgIpc) is 1.63. The summed E-state index contributed by atoms with van der Waals surface area (Å²) in [5, 5.41) is 36.1. The summed E-state index contributed by atoms with van der Waals surface area (Å²) >= 11 is 0. The van der Waals surface area contributed by atoms with Crippen molar-refractivity contribution >= 4 is 66.9 Å². The van der Waals surface area contributed by atoms with Crippen LogP contribution in [0.25, 0.3) is 112 Å². The Labute approximate surface area is 772 Å². The van der Waals surface area contributed by atoms with Crippen LogP contribution in [0, 0.1) is 0 Å². The second kappa shape index (κ2) is 37.8. The Balaban J connectivity index is 0.000000124. The van der Waals surface area contributed by atoms with E-state index in [0.29, 0.717) is 24.4 Å². The van der Waals surface area contributed by atoms with E-state index in [9.17, 15) is 19.2 Å². The van der Waals surface area contributed by atoms with Crippen molar-refractivity contribution in [2.45, 2.75) is 221 Å².